The molecule has 0 saturated heterocycles. The lowest BCUT2D eigenvalue weighted by atomic mass is 9.84. The molecule has 0 aliphatic heterocycles. The highest BCUT2D eigenvalue weighted by Gasteiger charge is 2.42. The van der Waals surface area contributed by atoms with Gasteiger partial charge in [0.15, 0.2) is 0 Å². The molecular formula is C17H28N2O2. The van der Waals surface area contributed by atoms with E-state index in [1.165, 1.54) is 25.7 Å². The molecule has 0 unspecified atom stereocenters. The fourth-order valence-electron chi connectivity index (χ4n) is 4.29. The number of nitrogens with one attached hydrogen (secondary N) is 2. The van der Waals surface area contributed by atoms with E-state index < -0.39 is 0 Å². The molecule has 3 aliphatic carbocycles. The molecular weight excluding hydrogens is 264 g/mol. The SMILES string of the molecule is C[C@@H](NC(=O)CCCNC(=O)C1CC1)[C@H]1C[C@H]2CC[C@H]1C2. The van der Waals surface area contributed by atoms with E-state index in [0.717, 1.165) is 31.1 Å². The van der Waals surface area contributed by atoms with Gasteiger partial charge in [-0.3, -0.25) is 9.59 Å². The summed E-state index contributed by atoms with van der Waals surface area (Å²) in [5.41, 5.74) is 0. The number of carbonyl (C=O) groups is 2. The number of amides is 2. The van der Waals surface area contributed by atoms with Crippen molar-refractivity contribution in [3.63, 3.8) is 0 Å². The predicted octanol–water partition coefficient (Wildman–Crippen LogP) is 2.23. The fraction of sp³-hybridized carbons (Fsp3) is 0.882. The van der Waals surface area contributed by atoms with Crippen molar-refractivity contribution >= 4 is 11.8 Å². The third-order valence-corrected chi connectivity index (χ3v) is 5.65. The van der Waals surface area contributed by atoms with Crippen LogP contribution in [0.1, 0.15) is 58.3 Å². The zero-order chi connectivity index (χ0) is 14.8. The van der Waals surface area contributed by atoms with Gasteiger partial charge in [-0.05, 0) is 63.2 Å². The molecule has 3 rings (SSSR count). The first-order chi connectivity index (χ1) is 10.1. The summed E-state index contributed by atoms with van der Waals surface area (Å²) in [7, 11) is 0. The van der Waals surface area contributed by atoms with E-state index in [2.05, 4.69) is 17.6 Å². The second kappa shape index (κ2) is 6.37. The van der Waals surface area contributed by atoms with Gasteiger partial charge in [-0.1, -0.05) is 6.42 Å². The predicted molar refractivity (Wildman–Crippen MR) is 81.5 cm³/mol. The van der Waals surface area contributed by atoms with Gasteiger partial charge in [0.25, 0.3) is 0 Å². The molecule has 0 aromatic rings. The molecule has 0 radical (unpaired) electrons. The Kier molecular flexibility index (Phi) is 4.51. The molecule has 0 heterocycles. The van der Waals surface area contributed by atoms with Crippen LogP contribution in [0.5, 0.6) is 0 Å². The van der Waals surface area contributed by atoms with Crippen LogP contribution in [0.2, 0.25) is 0 Å². The number of carbonyl (C=O) groups excluding carboxylic acids is 2. The topological polar surface area (TPSA) is 58.2 Å². The molecule has 2 N–H and O–H groups in total. The Morgan fingerprint density at radius 2 is 1.95 bits per heavy atom. The highest BCUT2D eigenvalue weighted by molar-refractivity contribution is 5.81. The Morgan fingerprint density at radius 3 is 2.57 bits per heavy atom. The van der Waals surface area contributed by atoms with E-state index >= 15 is 0 Å². The number of hydrogen-bond acceptors (Lipinski definition) is 2. The standard InChI is InChI=1S/C17H28N2O2/c1-11(15-10-12-4-5-14(15)9-12)19-16(20)3-2-8-18-17(21)13-6-7-13/h11-15H,2-10H2,1H3,(H,18,21)(H,19,20)/t11-,12+,14+,15-/m1/s1. The summed E-state index contributed by atoms with van der Waals surface area (Å²) in [5.74, 6) is 3.05. The van der Waals surface area contributed by atoms with Crippen LogP contribution in [-0.4, -0.2) is 24.4 Å². The minimum atomic E-state index is 0.144. The summed E-state index contributed by atoms with van der Waals surface area (Å²) < 4.78 is 0. The minimum absolute atomic E-state index is 0.144. The third kappa shape index (κ3) is 3.78. The van der Waals surface area contributed by atoms with Crippen LogP contribution in [0, 0.1) is 23.7 Å². The van der Waals surface area contributed by atoms with Crippen LogP contribution < -0.4 is 10.6 Å². The van der Waals surface area contributed by atoms with E-state index in [9.17, 15) is 9.59 Å². The Morgan fingerprint density at radius 1 is 1.14 bits per heavy atom. The Hall–Kier alpha value is -1.06. The molecule has 0 spiro atoms. The van der Waals surface area contributed by atoms with Crippen LogP contribution in [-0.2, 0) is 9.59 Å². The molecule has 0 aromatic carbocycles. The molecule has 3 fully saturated rings. The lowest BCUT2D eigenvalue weighted by Crippen LogP contribution is -2.40. The van der Waals surface area contributed by atoms with E-state index in [-0.39, 0.29) is 17.7 Å². The molecule has 3 aliphatic rings. The van der Waals surface area contributed by atoms with Crippen LogP contribution in [0.15, 0.2) is 0 Å². The first kappa shape index (κ1) is 14.9. The Bertz CT molecular complexity index is 406. The van der Waals surface area contributed by atoms with Gasteiger partial charge in [-0.25, -0.2) is 0 Å². The minimum Gasteiger partial charge on any atom is -0.356 e. The Labute approximate surface area is 127 Å². The van der Waals surface area contributed by atoms with Crippen molar-refractivity contribution in [2.75, 3.05) is 6.54 Å². The quantitative estimate of drug-likeness (QED) is 0.707. The van der Waals surface area contributed by atoms with Gasteiger partial charge >= 0.3 is 0 Å². The van der Waals surface area contributed by atoms with Crippen LogP contribution >= 0.6 is 0 Å². The molecule has 2 amide bonds. The van der Waals surface area contributed by atoms with Gasteiger partial charge in [0.1, 0.15) is 0 Å². The largest absolute Gasteiger partial charge is 0.356 e. The van der Waals surface area contributed by atoms with E-state index in [1.807, 2.05) is 0 Å². The lowest BCUT2D eigenvalue weighted by Gasteiger charge is -2.28. The van der Waals surface area contributed by atoms with Crippen molar-refractivity contribution in [1.29, 1.82) is 0 Å². The van der Waals surface area contributed by atoms with Gasteiger partial charge in [0.2, 0.25) is 11.8 Å². The fourth-order valence-corrected chi connectivity index (χ4v) is 4.29. The molecule has 4 heteroatoms. The second-order valence-corrected chi connectivity index (χ2v) is 7.36. The van der Waals surface area contributed by atoms with Gasteiger partial charge in [-0.2, -0.15) is 0 Å². The summed E-state index contributed by atoms with van der Waals surface area (Å²) in [5, 5.41) is 6.09. The molecule has 118 valence electrons. The van der Waals surface area contributed by atoms with Crippen molar-refractivity contribution in [3.05, 3.63) is 0 Å². The summed E-state index contributed by atoms with van der Waals surface area (Å²) >= 11 is 0. The maximum atomic E-state index is 12.0. The first-order valence-electron chi connectivity index (χ1n) is 8.70. The monoisotopic (exact) mass is 292 g/mol. The normalized spacial score (nSPS) is 32.0. The van der Waals surface area contributed by atoms with Gasteiger partial charge < -0.3 is 10.6 Å². The van der Waals surface area contributed by atoms with Crippen molar-refractivity contribution in [2.24, 2.45) is 23.7 Å². The van der Waals surface area contributed by atoms with Crippen molar-refractivity contribution in [1.82, 2.24) is 10.6 Å². The third-order valence-electron chi connectivity index (χ3n) is 5.65. The molecule has 21 heavy (non-hydrogen) atoms. The summed E-state index contributed by atoms with van der Waals surface area (Å²) in [4.78, 5) is 23.4. The maximum Gasteiger partial charge on any atom is 0.223 e. The highest BCUT2D eigenvalue weighted by Crippen LogP contribution is 2.49. The summed E-state index contributed by atoms with van der Waals surface area (Å²) in [6.07, 6.45) is 8.80. The Balaban J connectivity index is 1.29. The zero-order valence-corrected chi connectivity index (χ0v) is 13.1. The number of hydrogen-bond donors (Lipinski definition) is 2. The average Bonchev–Trinajstić information content (AvgIpc) is 3.11. The summed E-state index contributed by atoms with van der Waals surface area (Å²) in [6, 6.07) is 0.314. The average molecular weight is 292 g/mol. The van der Waals surface area contributed by atoms with E-state index in [1.54, 1.807) is 0 Å². The molecule has 4 nitrogen and oxygen atoms in total. The van der Waals surface area contributed by atoms with Crippen molar-refractivity contribution in [2.45, 2.75) is 64.3 Å². The second-order valence-electron chi connectivity index (χ2n) is 7.36. The van der Waals surface area contributed by atoms with E-state index in [0.29, 0.717) is 24.9 Å². The number of rotatable bonds is 7. The van der Waals surface area contributed by atoms with Gasteiger partial charge in [0, 0.05) is 24.9 Å². The van der Waals surface area contributed by atoms with Crippen LogP contribution in [0.25, 0.3) is 0 Å². The molecule has 2 bridgehead atoms. The lowest BCUT2D eigenvalue weighted by molar-refractivity contribution is -0.124. The maximum absolute atomic E-state index is 12.0. The smallest absolute Gasteiger partial charge is 0.223 e. The van der Waals surface area contributed by atoms with Gasteiger partial charge in [0.05, 0.1) is 0 Å². The van der Waals surface area contributed by atoms with Crippen LogP contribution in [0.3, 0.4) is 0 Å². The molecule has 4 atom stereocenters. The summed E-state index contributed by atoms with van der Waals surface area (Å²) in [6.45, 7) is 2.80. The highest BCUT2D eigenvalue weighted by atomic mass is 16.2. The van der Waals surface area contributed by atoms with E-state index in [4.69, 9.17) is 0 Å². The van der Waals surface area contributed by atoms with Crippen molar-refractivity contribution in [3.8, 4) is 0 Å². The number of fused-ring (bicyclic) bond motifs is 2. The van der Waals surface area contributed by atoms with Gasteiger partial charge in [-0.15, -0.1) is 0 Å². The molecule has 0 aromatic heterocycles. The van der Waals surface area contributed by atoms with Crippen LogP contribution in [0.4, 0.5) is 0 Å². The van der Waals surface area contributed by atoms with Crippen molar-refractivity contribution < 1.29 is 9.59 Å². The zero-order valence-electron chi connectivity index (χ0n) is 13.1. The molecule has 3 saturated carbocycles. The first-order valence-corrected chi connectivity index (χ1v) is 8.70.